The molecule has 3 N–H and O–H groups in total. The first kappa shape index (κ1) is 12.6. The minimum atomic E-state index is -1.35. The van der Waals surface area contributed by atoms with Crippen LogP contribution in [-0.2, 0) is 0 Å². The first-order valence-corrected chi connectivity index (χ1v) is 12.5. The predicted molar refractivity (Wildman–Crippen MR) is 63.9 cm³/mol. The van der Waals surface area contributed by atoms with Crippen LogP contribution in [0.15, 0.2) is 0 Å². The molecular weight excluding hydrogens is 356 g/mol. The van der Waals surface area contributed by atoms with Gasteiger partial charge in [0.15, 0.2) is 0 Å². The lowest BCUT2D eigenvalue weighted by molar-refractivity contribution is 0.677. The van der Waals surface area contributed by atoms with Gasteiger partial charge >= 0.3 is 0 Å². The number of hydrogen-bond donors (Lipinski definition) is 2. The minimum Gasteiger partial charge on any atom is -0.329 e. The molecule has 0 bridgehead atoms. The monoisotopic (exact) mass is 366 g/mol. The van der Waals surface area contributed by atoms with E-state index in [1.54, 1.807) is 0 Å². The van der Waals surface area contributed by atoms with Crippen molar-refractivity contribution in [3.63, 3.8) is 0 Å². The molecule has 11 heavy (non-hydrogen) atoms. The Morgan fingerprint density at radius 1 is 1.18 bits per heavy atom. The summed E-state index contributed by atoms with van der Waals surface area (Å²) in [6, 6.07) is 1.17. The lowest BCUT2D eigenvalue weighted by atomic mass is 10.5. The fourth-order valence-corrected chi connectivity index (χ4v) is 3.74. The Morgan fingerprint density at radius 3 is 2.27 bits per heavy atom. The van der Waals surface area contributed by atoms with Crippen LogP contribution in [0.1, 0.15) is 6.42 Å². The van der Waals surface area contributed by atoms with Gasteiger partial charge in [-0.2, -0.15) is 0 Å². The summed E-state index contributed by atoms with van der Waals surface area (Å²) in [6.45, 7) is 2.69. The summed E-state index contributed by atoms with van der Waals surface area (Å²) in [7, 11) is 0. The normalized spacial score (nSPS) is 12.0. The lowest BCUT2D eigenvalue weighted by Gasteiger charge is -2.08. The van der Waals surface area contributed by atoms with Crippen molar-refractivity contribution in [2.24, 2.45) is 5.73 Å². The highest BCUT2D eigenvalue weighted by Gasteiger charge is 2.20. The van der Waals surface area contributed by atoms with Gasteiger partial charge in [-0.25, -0.2) is 0 Å². The molecule has 0 fully saturated rings. The highest BCUT2D eigenvalue weighted by Crippen LogP contribution is 2.32. The van der Waals surface area contributed by atoms with E-state index in [0.717, 1.165) is 19.6 Å². The molecule has 0 amide bonds. The van der Waals surface area contributed by atoms with E-state index in [4.69, 9.17) is 5.73 Å². The van der Waals surface area contributed by atoms with Crippen molar-refractivity contribution in [2.45, 2.75) is 12.5 Å². The largest absolute Gasteiger partial charge is 0.329 e. The van der Waals surface area contributed by atoms with Crippen LogP contribution in [-0.4, -0.2) is 23.6 Å². The second-order valence-electron chi connectivity index (χ2n) is 2.26. The van der Waals surface area contributed by atoms with Crippen LogP contribution in [0.2, 0.25) is 6.04 Å². The summed E-state index contributed by atoms with van der Waals surface area (Å²) in [6.07, 6.45) is 1.17. The van der Waals surface area contributed by atoms with Gasteiger partial charge in [-0.05, 0) is 19.0 Å². The molecule has 68 valence electrons. The van der Waals surface area contributed by atoms with Crippen molar-refractivity contribution in [2.75, 3.05) is 19.6 Å². The topological polar surface area (TPSA) is 38.0 Å². The van der Waals surface area contributed by atoms with E-state index in [-0.39, 0.29) is 0 Å². The Balaban J connectivity index is 3.02. The zero-order chi connectivity index (χ0) is 8.74. The van der Waals surface area contributed by atoms with Crippen LogP contribution in [0.5, 0.6) is 0 Å². The molecule has 0 aromatic heterocycles. The first-order valence-electron chi connectivity index (χ1n) is 3.54. The van der Waals surface area contributed by atoms with E-state index in [1.165, 1.54) is 12.5 Å². The second kappa shape index (κ2) is 7.03. The molecule has 6 heteroatoms. The van der Waals surface area contributed by atoms with Gasteiger partial charge < -0.3 is 11.1 Å². The molecule has 0 aromatic rings. The van der Waals surface area contributed by atoms with Gasteiger partial charge in [0.2, 0.25) is 0 Å². The molecule has 0 heterocycles. The third kappa shape index (κ3) is 11.6. The third-order valence-corrected chi connectivity index (χ3v) is 5.62. The molecule has 0 aliphatic carbocycles. The number of halogens is 3. The smallest absolute Gasteiger partial charge is 0.267 e. The summed E-state index contributed by atoms with van der Waals surface area (Å²) in [4.78, 5) is 0. The average Bonchev–Trinajstić information content (AvgIpc) is 1.85. The van der Waals surface area contributed by atoms with Gasteiger partial charge in [0, 0.05) is 13.1 Å². The van der Waals surface area contributed by atoms with Crippen LogP contribution >= 0.6 is 45.9 Å². The molecule has 0 radical (unpaired) electrons. The molecule has 2 nitrogen and oxygen atoms in total. The third-order valence-electron chi connectivity index (χ3n) is 1.13. The van der Waals surface area contributed by atoms with Crippen molar-refractivity contribution in [1.29, 1.82) is 0 Å². The summed E-state index contributed by atoms with van der Waals surface area (Å²) in [5.74, 6) is 0. The van der Waals surface area contributed by atoms with Crippen LogP contribution < -0.4 is 11.1 Å². The molecule has 0 rings (SSSR count). The Kier molecular flexibility index (Phi) is 8.03. The van der Waals surface area contributed by atoms with Crippen LogP contribution in [0.3, 0.4) is 0 Å². The molecule has 0 saturated carbocycles. The first-order chi connectivity index (χ1) is 5.06. The van der Waals surface area contributed by atoms with Crippen molar-refractivity contribution in [1.82, 2.24) is 5.32 Å². The second-order valence-corrected chi connectivity index (χ2v) is 25.7. The summed E-state index contributed by atoms with van der Waals surface area (Å²) >= 11 is 10.7. The number of hydrogen-bond acceptors (Lipinski definition) is 2. The molecule has 0 atom stereocenters. The molecule has 0 unspecified atom stereocenters. The number of nitrogens with one attached hydrogen (secondary N) is 1. The van der Waals surface area contributed by atoms with Gasteiger partial charge in [0.1, 0.15) is 0 Å². The van der Waals surface area contributed by atoms with Crippen molar-refractivity contribution >= 4 is 49.8 Å². The minimum absolute atomic E-state index is 0.722. The molecule has 0 aliphatic rings. The number of rotatable bonds is 6. The van der Waals surface area contributed by atoms with Gasteiger partial charge in [0.05, 0.1) is 0 Å². The zero-order valence-electron chi connectivity index (χ0n) is 6.25. The molecular formula is C5H13Br3N2Si. The van der Waals surface area contributed by atoms with Crippen LogP contribution in [0.4, 0.5) is 0 Å². The standard InChI is InChI=1S/C5H13Br3N2Si/c6-11(7,8)5-1-3-10-4-2-9/h10H,1-5,9H2. The van der Waals surface area contributed by atoms with Gasteiger partial charge in [0.25, 0.3) is 3.93 Å². The Morgan fingerprint density at radius 2 is 1.82 bits per heavy atom. The molecule has 0 aromatic carbocycles. The van der Waals surface area contributed by atoms with Crippen molar-refractivity contribution < 1.29 is 0 Å². The van der Waals surface area contributed by atoms with E-state index >= 15 is 0 Å². The summed E-state index contributed by atoms with van der Waals surface area (Å²) in [5, 5.41) is 3.24. The van der Waals surface area contributed by atoms with Gasteiger partial charge in [-0.3, -0.25) is 0 Å². The average molecular weight is 369 g/mol. The SMILES string of the molecule is NCCNCCC[Si](Br)(Br)Br. The maximum absolute atomic E-state index is 5.31. The van der Waals surface area contributed by atoms with Crippen molar-refractivity contribution in [3.8, 4) is 0 Å². The Labute approximate surface area is 92.4 Å². The Hall–Kier alpha value is 1.58. The fraction of sp³-hybridized carbons (Fsp3) is 1.00. The van der Waals surface area contributed by atoms with Crippen molar-refractivity contribution in [3.05, 3.63) is 0 Å². The maximum atomic E-state index is 5.31. The van der Waals surface area contributed by atoms with E-state index in [2.05, 4.69) is 51.2 Å². The Bertz CT molecular complexity index is 96.2. The van der Waals surface area contributed by atoms with Gasteiger partial charge in [-0.15, -0.1) is 0 Å². The summed E-state index contributed by atoms with van der Waals surface area (Å²) < 4.78 is -1.35. The van der Waals surface area contributed by atoms with Crippen LogP contribution in [0, 0.1) is 0 Å². The highest BCUT2D eigenvalue weighted by atomic mass is 80.0. The molecule has 0 spiro atoms. The van der Waals surface area contributed by atoms with E-state index in [1.807, 2.05) is 0 Å². The van der Waals surface area contributed by atoms with E-state index < -0.39 is 3.93 Å². The maximum Gasteiger partial charge on any atom is 0.267 e. The zero-order valence-corrected chi connectivity index (χ0v) is 12.0. The van der Waals surface area contributed by atoms with Crippen LogP contribution in [0.25, 0.3) is 0 Å². The molecule has 0 aliphatic heterocycles. The number of nitrogens with two attached hydrogens (primary N) is 1. The highest BCUT2D eigenvalue weighted by molar-refractivity contribution is 9.72. The van der Waals surface area contributed by atoms with E-state index in [0.29, 0.717) is 0 Å². The predicted octanol–water partition coefficient (Wildman–Crippen LogP) is 2.05. The fourth-order valence-electron chi connectivity index (χ4n) is 0.641. The van der Waals surface area contributed by atoms with E-state index in [9.17, 15) is 0 Å². The lowest BCUT2D eigenvalue weighted by Crippen LogP contribution is -2.24. The van der Waals surface area contributed by atoms with Gasteiger partial charge in [-0.1, -0.05) is 45.9 Å². The summed E-state index contributed by atoms with van der Waals surface area (Å²) in [5.41, 5.74) is 5.31. The molecule has 0 saturated heterocycles. The quantitative estimate of drug-likeness (QED) is 0.428.